The number of amides is 1. The first-order valence-electron chi connectivity index (χ1n) is 7.93. The van der Waals surface area contributed by atoms with Gasteiger partial charge in [-0.05, 0) is 37.1 Å². The molecule has 0 radical (unpaired) electrons. The summed E-state index contributed by atoms with van der Waals surface area (Å²) in [4.78, 5) is 32.2. The number of anilines is 4. The third kappa shape index (κ3) is 3.82. The third-order valence-electron chi connectivity index (χ3n) is 3.86. The first kappa shape index (κ1) is 16.6. The first-order chi connectivity index (χ1) is 12.0. The average Bonchev–Trinajstić information content (AvgIpc) is 3.10. The Kier molecular flexibility index (Phi) is 4.73. The van der Waals surface area contributed by atoms with Gasteiger partial charge in [0, 0.05) is 31.4 Å². The number of aromatic nitrogens is 2. The summed E-state index contributed by atoms with van der Waals surface area (Å²) in [5.74, 6) is 0.325. The van der Waals surface area contributed by atoms with E-state index in [1.54, 1.807) is 24.3 Å². The highest BCUT2D eigenvalue weighted by Crippen LogP contribution is 2.35. The van der Waals surface area contributed by atoms with Crippen molar-refractivity contribution in [2.75, 3.05) is 28.6 Å². The Labute approximate surface area is 144 Å². The zero-order chi connectivity index (χ0) is 17.8. The lowest BCUT2D eigenvalue weighted by Gasteiger charge is -2.17. The van der Waals surface area contributed by atoms with Gasteiger partial charge in [0.25, 0.3) is 0 Å². The van der Waals surface area contributed by atoms with E-state index in [9.17, 15) is 14.9 Å². The van der Waals surface area contributed by atoms with Crippen LogP contribution in [0, 0.1) is 10.1 Å². The van der Waals surface area contributed by atoms with Crippen LogP contribution in [0.5, 0.6) is 0 Å². The van der Waals surface area contributed by atoms with Crippen LogP contribution in [0.15, 0.2) is 30.6 Å². The fraction of sp³-hybridized carbons (Fsp3) is 0.312. The predicted molar refractivity (Wildman–Crippen MR) is 94.2 cm³/mol. The summed E-state index contributed by atoms with van der Waals surface area (Å²) >= 11 is 0. The van der Waals surface area contributed by atoms with Crippen molar-refractivity contribution < 1.29 is 9.72 Å². The van der Waals surface area contributed by atoms with Gasteiger partial charge < -0.3 is 15.5 Å². The molecule has 0 aliphatic carbocycles. The number of carbonyl (C=O) groups is 1. The lowest BCUT2D eigenvalue weighted by atomic mass is 10.2. The van der Waals surface area contributed by atoms with Gasteiger partial charge in [-0.25, -0.2) is 9.97 Å². The second-order valence-corrected chi connectivity index (χ2v) is 5.73. The SMILES string of the molecule is CC(=O)Nc1ccc(Nc2ncnc(N3CCCC3)c2[N+](=O)[O-])cc1. The molecule has 25 heavy (non-hydrogen) atoms. The van der Waals surface area contributed by atoms with E-state index in [4.69, 9.17) is 0 Å². The molecule has 130 valence electrons. The fourth-order valence-corrected chi connectivity index (χ4v) is 2.77. The van der Waals surface area contributed by atoms with Gasteiger partial charge in [0.1, 0.15) is 6.33 Å². The minimum atomic E-state index is -0.457. The molecule has 2 aromatic rings. The lowest BCUT2D eigenvalue weighted by molar-refractivity contribution is -0.383. The van der Waals surface area contributed by atoms with Crippen molar-refractivity contribution in [3.8, 4) is 0 Å². The van der Waals surface area contributed by atoms with E-state index < -0.39 is 4.92 Å². The molecular formula is C16H18N6O3. The molecule has 0 bridgehead atoms. The topological polar surface area (TPSA) is 113 Å². The van der Waals surface area contributed by atoms with Crippen molar-refractivity contribution in [1.82, 2.24) is 9.97 Å². The summed E-state index contributed by atoms with van der Waals surface area (Å²) in [6.45, 7) is 2.93. The fourth-order valence-electron chi connectivity index (χ4n) is 2.77. The van der Waals surface area contributed by atoms with Crippen LogP contribution < -0.4 is 15.5 Å². The molecule has 0 spiro atoms. The summed E-state index contributed by atoms with van der Waals surface area (Å²) in [5, 5.41) is 17.2. The Morgan fingerprint density at radius 2 is 1.80 bits per heavy atom. The van der Waals surface area contributed by atoms with Crippen LogP contribution in [-0.2, 0) is 4.79 Å². The second-order valence-electron chi connectivity index (χ2n) is 5.73. The Hall–Kier alpha value is -3.23. The Morgan fingerprint density at radius 3 is 2.40 bits per heavy atom. The van der Waals surface area contributed by atoms with Crippen molar-refractivity contribution >= 4 is 34.6 Å². The molecule has 1 amide bonds. The van der Waals surface area contributed by atoms with E-state index in [1.807, 2.05) is 4.90 Å². The number of hydrogen-bond acceptors (Lipinski definition) is 7. The summed E-state index contributed by atoms with van der Waals surface area (Å²) in [5.41, 5.74) is 1.15. The number of nitro groups is 1. The molecule has 1 saturated heterocycles. The highest BCUT2D eigenvalue weighted by Gasteiger charge is 2.28. The molecule has 1 aliphatic heterocycles. The maximum Gasteiger partial charge on any atom is 0.353 e. The molecular weight excluding hydrogens is 324 g/mol. The van der Waals surface area contributed by atoms with Crippen molar-refractivity contribution in [2.45, 2.75) is 19.8 Å². The van der Waals surface area contributed by atoms with E-state index >= 15 is 0 Å². The molecule has 1 fully saturated rings. The smallest absolute Gasteiger partial charge is 0.351 e. The monoisotopic (exact) mass is 342 g/mol. The Bertz CT molecular complexity index is 787. The minimum absolute atomic E-state index is 0.129. The number of rotatable bonds is 5. The van der Waals surface area contributed by atoms with Gasteiger partial charge >= 0.3 is 5.69 Å². The van der Waals surface area contributed by atoms with Gasteiger partial charge in [-0.2, -0.15) is 0 Å². The molecule has 0 saturated carbocycles. The van der Waals surface area contributed by atoms with E-state index in [-0.39, 0.29) is 17.4 Å². The predicted octanol–water partition coefficient (Wildman–Crippen LogP) is 2.69. The molecule has 2 heterocycles. The van der Waals surface area contributed by atoms with E-state index in [0.717, 1.165) is 25.9 Å². The van der Waals surface area contributed by atoms with Crippen LogP contribution in [0.4, 0.5) is 28.7 Å². The molecule has 3 rings (SSSR count). The largest absolute Gasteiger partial charge is 0.353 e. The molecule has 9 heteroatoms. The average molecular weight is 342 g/mol. The van der Waals surface area contributed by atoms with Crippen molar-refractivity contribution in [3.05, 3.63) is 40.7 Å². The molecule has 1 aromatic heterocycles. The Balaban J connectivity index is 1.87. The molecule has 0 atom stereocenters. The van der Waals surface area contributed by atoms with Crippen LogP contribution in [0.2, 0.25) is 0 Å². The summed E-state index contributed by atoms with van der Waals surface area (Å²) in [6.07, 6.45) is 3.32. The third-order valence-corrected chi connectivity index (χ3v) is 3.86. The standard InChI is InChI=1S/C16H18N6O3/c1-11(23)19-12-4-6-13(7-5-12)20-15-14(22(24)25)16(18-10-17-15)21-8-2-3-9-21/h4-7,10H,2-3,8-9H2,1H3,(H,19,23)(H,17,18,20). The van der Waals surface area contributed by atoms with Crippen LogP contribution in [0.3, 0.4) is 0 Å². The van der Waals surface area contributed by atoms with E-state index in [1.165, 1.54) is 13.3 Å². The molecule has 0 unspecified atom stereocenters. The first-order valence-corrected chi connectivity index (χ1v) is 7.93. The lowest BCUT2D eigenvalue weighted by Crippen LogP contribution is -2.21. The summed E-state index contributed by atoms with van der Waals surface area (Å²) in [7, 11) is 0. The van der Waals surface area contributed by atoms with Gasteiger partial charge in [0.2, 0.25) is 17.5 Å². The van der Waals surface area contributed by atoms with E-state index in [0.29, 0.717) is 17.2 Å². The molecule has 2 N–H and O–H groups in total. The van der Waals surface area contributed by atoms with Gasteiger partial charge in [0.05, 0.1) is 4.92 Å². The summed E-state index contributed by atoms with van der Waals surface area (Å²) < 4.78 is 0. The quantitative estimate of drug-likeness (QED) is 0.634. The normalized spacial score (nSPS) is 13.6. The van der Waals surface area contributed by atoms with Gasteiger partial charge in [-0.15, -0.1) is 0 Å². The van der Waals surface area contributed by atoms with Crippen molar-refractivity contribution in [3.63, 3.8) is 0 Å². The molecule has 1 aliphatic rings. The van der Waals surface area contributed by atoms with E-state index in [2.05, 4.69) is 20.6 Å². The number of carbonyl (C=O) groups excluding carboxylic acids is 1. The van der Waals surface area contributed by atoms with Crippen LogP contribution in [0.25, 0.3) is 0 Å². The molecule has 9 nitrogen and oxygen atoms in total. The zero-order valence-corrected chi connectivity index (χ0v) is 13.7. The van der Waals surface area contributed by atoms with Crippen LogP contribution >= 0.6 is 0 Å². The van der Waals surface area contributed by atoms with Gasteiger partial charge in [-0.3, -0.25) is 14.9 Å². The number of nitrogens with zero attached hydrogens (tertiary/aromatic N) is 4. The number of benzene rings is 1. The van der Waals surface area contributed by atoms with Crippen molar-refractivity contribution in [1.29, 1.82) is 0 Å². The van der Waals surface area contributed by atoms with Crippen LogP contribution in [0.1, 0.15) is 19.8 Å². The highest BCUT2D eigenvalue weighted by atomic mass is 16.6. The van der Waals surface area contributed by atoms with Gasteiger partial charge in [0.15, 0.2) is 0 Å². The van der Waals surface area contributed by atoms with Crippen molar-refractivity contribution in [2.24, 2.45) is 0 Å². The van der Waals surface area contributed by atoms with Crippen LogP contribution in [-0.4, -0.2) is 33.9 Å². The Morgan fingerprint density at radius 1 is 1.16 bits per heavy atom. The number of nitrogens with one attached hydrogen (secondary N) is 2. The second kappa shape index (κ2) is 7.12. The highest BCUT2D eigenvalue weighted by molar-refractivity contribution is 5.89. The molecule has 1 aromatic carbocycles. The maximum atomic E-state index is 11.6. The number of hydrogen-bond donors (Lipinski definition) is 2. The maximum absolute atomic E-state index is 11.6. The summed E-state index contributed by atoms with van der Waals surface area (Å²) in [6, 6.07) is 6.84. The minimum Gasteiger partial charge on any atom is -0.351 e. The zero-order valence-electron chi connectivity index (χ0n) is 13.7. The van der Waals surface area contributed by atoms with Gasteiger partial charge in [-0.1, -0.05) is 0 Å².